The third-order valence-electron chi connectivity index (χ3n) is 3.94. The summed E-state index contributed by atoms with van der Waals surface area (Å²) >= 11 is 1.25. The number of esters is 1. The first kappa shape index (κ1) is 22.5. The minimum absolute atomic E-state index is 0.0246. The summed E-state index contributed by atoms with van der Waals surface area (Å²) in [6.45, 7) is 3.37. The van der Waals surface area contributed by atoms with E-state index >= 15 is 0 Å². The quantitative estimate of drug-likeness (QED) is 0.637. The van der Waals surface area contributed by atoms with E-state index in [0.717, 1.165) is 9.18 Å². The monoisotopic (exact) mass is 435 g/mol. The lowest BCUT2D eigenvalue weighted by Gasteiger charge is -2.17. The lowest BCUT2D eigenvalue weighted by atomic mass is 10.2. The second kappa shape index (κ2) is 9.65. The van der Waals surface area contributed by atoms with E-state index in [1.165, 1.54) is 42.6 Å². The van der Waals surface area contributed by atoms with Gasteiger partial charge in [0.2, 0.25) is 15.9 Å². The molecule has 1 N–H and O–H groups in total. The molecule has 0 bridgehead atoms. The Labute approximate surface area is 173 Å². The highest BCUT2D eigenvalue weighted by Gasteiger charge is 2.24. The van der Waals surface area contributed by atoms with Crippen LogP contribution in [-0.4, -0.2) is 44.8 Å². The maximum atomic E-state index is 12.6. The van der Waals surface area contributed by atoms with Crippen molar-refractivity contribution in [2.75, 3.05) is 25.5 Å². The van der Waals surface area contributed by atoms with Crippen molar-refractivity contribution in [3.63, 3.8) is 0 Å². The number of likely N-dealkylation sites (N-methyl/N-ethyl adjacent to an activating group) is 1. The van der Waals surface area contributed by atoms with E-state index in [9.17, 15) is 18.0 Å². The van der Waals surface area contributed by atoms with Gasteiger partial charge < -0.3 is 10.1 Å². The largest absolute Gasteiger partial charge is 0.462 e. The van der Waals surface area contributed by atoms with Crippen LogP contribution < -0.4 is 5.32 Å². The van der Waals surface area contributed by atoms with Gasteiger partial charge in [0, 0.05) is 11.9 Å². The third kappa shape index (κ3) is 5.41. The molecule has 8 nitrogen and oxygen atoms in total. The summed E-state index contributed by atoms with van der Waals surface area (Å²) in [4.78, 5) is 25.4. The van der Waals surface area contributed by atoms with Gasteiger partial charge in [-0.1, -0.05) is 6.92 Å². The highest BCUT2D eigenvalue weighted by molar-refractivity contribution is 7.89. The van der Waals surface area contributed by atoms with Gasteiger partial charge >= 0.3 is 5.97 Å². The third-order valence-corrected chi connectivity index (χ3v) is 6.95. The molecule has 0 unspecified atom stereocenters. The standard InChI is InChI=1S/C19H21N3O5S2/c1-4-14-10-16(19(24)27-5-2)18(28-14)21-17(23)12-22(3)29(25,26)15-8-6-13(11-20)7-9-15/h6-10H,4-5,12H2,1-3H3,(H,21,23). The average molecular weight is 436 g/mol. The van der Waals surface area contributed by atoms with Crippen molar-refractivity contribution in [2.24, 2.45) is 0 Å². The van der Waals surface area contributed by atoms with E-state index in [1.807, 2.05) is 13.0 Å². The van der Waals surface area contributed by atoms with E-state index in [4.69, 9.17) is 10.00 Å². The first-order valence-corrected chi connectivity index (χ1v) is 11.0. The maximum absolute atomic E-state index is 12.6. The predicted octanol–water partition coefficient (Wildman–Crippen LogP) is 2.62. The molecule has 1 heterocycles. The van der Waals surface area contributed by atoms with Crippen LogP contribution in [0.25, 0.3) is 0 Å². The van der Waals surface area contributed by atoms with Crippen molar-refractivity contribution < 1.29 is 22.7 Å². The number of ether oxygens (including phenoxy) is 1. The highest BCUT2D eigenvalue weighted by atomic mass is 32.2. The molecule has 0 radical (unpaired) electrons. The summed E-state index contributed by atoms with van der Waals surface area (Å²) in [5.74, 6) is -1.13. The van der Waals surface area contributed by atoms with Crippen LogP contribution in [0.5, 0.6) is 0 Å². The van der Waals surface area contributed by atoms with Gasteiger partial charge in [-0.2, -0.15) is 9.57 Å². The van der Waals surface area contributed by atoms with E-state index in [0.29, 0.717) is 17.0 Å². The van der Waals surface area contributed by atoms with Gasteiger partial charge in [-0.3, -0.25) is 4.79 Å². The molecule has 154 valence electrons. The summed E-state index contributed by atoms with van der Waals surface area (Å²) in [5.41, 5.74) is 0.583. The smallest absolute Gasteiger partial charge is 0.341 e. The Morgan fingerprint density at radius 3 is 2.45 bits per heavy atom. The van der Waals surface area contributed by atoms with Crippen molar-refractivity contribution in [3.8, 4) is 6.07 Å². The second-order valence-electron chi connectivity index (χ2n) is 5.97. The van der Waals surface area contributed by atoms with Crippen LogP contribution >= 0.6 is 11.3 Å². The number of hydrogen-bond donors (Lipinski definition) is 1. The van der Waals surface area contributed by atoms with Gasteiger partial charge in [-0.05, 0) is 43.7 Å². The van der Waals surface area contributed by atoms with Crippen LogP contribution in [0.2, 0.25) is 0 Å². The topological polar surface area (TPSA) is 117 Å². The van der Waals surface area contributed by atoms with Gasteiger partial charge in [0.15, 0.2) is 0 Å². The van der Waals surface area contributed by atoms with Gasteiger partial charge in [-0.25, -0.2) is 13.2 Å². The maximum Gasteiger partial charge on any atom is 0.341 e. The Kier molecular flexibility index (Phi) is 7.50. The fourth-order valence-electron chi connectivity index (χ4n) is 2.40. The number of carbonyl (C=O) groups is 2. The number of nitrogens with one attached hydrogen (secondary N) is 1. The molecule has 0 saturated carbocycles. The Bertz CT molecular complexity index is 1040. The molecule has 29 heavy (non-hydrogen) atoms. The summed E-state index contributed by atoms with van der Waals surface area (Å²) in [7, 11) is -2.63. The number of rotatable bonds is 8. The van der Waals surface area contributed by atoms with Gasteiger partial charge in [-0.15, -0.1) is 11.3 Å². The molecule has 0 aliphatic rings. The zero-order valence-electron chi connectivity index (χ0n) is 16.3. The average Bonchev–Trinajstić information content (AvgIpc) is 3.11. The lowest BCUT2D eigenvalue weighted by Crippen LogP contribution is -2.35. The molecule has 0 saturated heterocycles. The highest BCUT2D eigenvalue weighted by Crippen LogP contribution is 2.29. The zero-order valence-corrected chi connectivity index (χ0v) is 17.9. The first-order chi connectivity index (χ1) is 13.7. The zero-order chi connectivity index (χ0) is 21.6. The van der Waals surface area contributed by atoms with E-state index in [-0.39, 0.29) is 17.1 Å². The first-order valence-electron chi connectivity index (χ1n) is 8.79. The number of carbonyl (C=O) groups excluding carboxylic acids is 2. The van der Waals surface area contributed by atoms with Gasteiger partial charge in [0.05, 0.1) is 35.2 Å². The fraction of sp³-hybridized carbons (Fsp3) is 0.316. The molecular formula is C19H21N3O5S2. The Morgan fingerprint density at radius 1 is 1.24 bits per heavy atom. The van der Waals surface area contributed by atoms with Crippen LogP contribution in [0.3, 0.4) is 0 Å². The van der Waals surface area contributed by atoms with Crippen LogP contribution in [-0.2, 0) is 26.0 Å². The molecule has 0 aliphatic heterocycles. The van der Waals surface area contributed by atoms with Crippen molar-refractivity contribution in [3.05, 3.63) is 46.3 Å². The lowest BCUT2D eigenvalue weighted by molar-refractivity contribution is -0.116. The number of nitriles is 1. The van der Waals surface area contributed by atoms with E-state index in [1.54, 1.807) is 13.0 Å². The number of thiophene rings is 1. The van der Waals surface area contributed by atoms with E-state index < -0.39 is 28.4 Å². The normalized spacial score (nSPS) is 11.1. The summed E-state index contributed by atoms with van der Waals surface area (Å²) < 4.78 is 31.2. The van der Waals surface area contributed by atoms with Crippen molar-refractivity contribution in [1.82, 2.24) is 4.31 Å². The number of hydrogen-bond acceptors (Lipinski definition) is 7. The molecule has 2 rings (SSSR count). The number of sulfonamides is 1. The molecule has 1 aromatic heterocycles. The number of amides is 1. The van der Waals surface area contributed by atoms with Crippen molar-refractivity contribution >= 4 is 38.2 Å². The summed E-state index contributed by atoms with van der Waals surface area (Å²) in [5, 5.41) is 11.8. The molecule has 1 amide bonds. The molecule has 1 aromatic carbocycles. The van der Waals surface area contributed by atoms with Gasteiger partial charge in [0.25, 0.3) is 0 Å². The van der Waals surface area contributed by atoms with Crippen LogP contribution in [0, 0.1) is 11.3 Å². The Morgan fingerprint density at radius 2 is 1.90 bits per heavy atom. The van der Waals surface area contributed by atoms with Crippen molar-refractivity contribution in [2.45, 2.75) is 25.2 Å². The molecule has 2 aromatic rings. The molecule has 10 heteroatoms. The van der Waals surface area contributed by atoms with Crippen molar-refractivity contribution in [1.29, 1.82) is 5.26 Å². The Hall–Kier alpha value is -2.74. The minimum Gasteiger partial charge on any atom is -0.462 e. The summed E-state index contributed by atoms with van der Waals surface area (Å²) in [6.07, 6.45) is 0.680. The van der Waals surface area contributed by atoms with Crippen LogP contribution in [0.4, 0.5) is 5.00 Å². The number of benzene rings is 1. The molecule has 0 fully saturated rings. The molecular weight excluding hydrogens is 414 g/mol. The number of aryl methyl sites for hydroxylation is 1. The SMILES string of the molecule is CCOC(=O)c1cc(CC)sc1NC(=O)CN(C)S(=O)(=O)c1ccc(C#N)cc1. The number of anilines is 1. The Balaban J connectivity index is 2.15. The summed E-state index contributed by atoms with van der Waals surface area (Å²) in [6, 6.07) is 8.99. The fourth-order valence-corrected chi connectivity index (χ4v) is 4.53. The number of nitrogens with zero attached hydrogens (tertiary/aromatic N) is 2. The molecule has 0 atom stereocenters. The second-order valence-corrected chi connectivity index (χ2v) is 9.16. The van der Waals surface area contributed by atoms with Crippen LogP contribution in [0.1, 0.15) is 34.6 Å². The predicted molar refractivity (Wildman–Crippen MR) is 109 cm³/mol. The van der Waals surface area contributed by atoms with Gasteiger partial charge in [0.1, 0.15) is 5.00 Å². The van der Waals surface area contributed by atoms with Crippen LogP contribution in [0.15, 0.2) is 35.2 Å². The minimum atomic E-state index is -3.91. The van der Waals surface area contributed by atoms with E-state index in [2.05, 4.69) is 5.32 Å². The molecule has 0 spiro atoms. The molecule has 0 aliphatic carbocycles.